The number of aliphatic hydroxyl groups excluding tert-OH is 2. The number of rotatable bonds is 15. The third-order valence-corrected chi connectivity index (χ3v) is 8.41. The molecule has 2 aromatic heterocycles. The number of nitrogens with zero attached hydrogens (tertiary/aromatic N) is 2. The van der Waals surface area contributed by atoms with Gasteiger partial charge in [-0.1, -0.05) is 56.3 Å². The zero-order chi connectivity index (χ0) is 37.2. The van der Waals surface area contributed by atoms with Gasteiger partial charge in [0.05, 0.1) is 29.9 Å². The molecule has 0 aliphatic rings. The van der Waals surface area contributed by atoms with E-state index in [-0.39, 0.29) is 37.8 Å². The molecule has 0 radical (unpaired) electrons. The first-order chi connectivity index (χ1) is 25.0. The normalized spacial score (nSPS) is 12.3. The van der Waals surface area contributed by atoms with Crippen LogP contribution in [0.2, 0.25) is 0 Å². The van der Waals surface area contributed by atoms with Gasteiger partial charge in [0, 0.05) is 41.6 Å². The van der Waals surface area contributed by atoms with Gasteiger partial charge in [-0.3, -0.25) is 19.9 Å². The van der Waals surface area contributed by atoms with Crippen molar-refractivity contribution in [2.24, 2.45) is 0 Å². The van der Waals surface area contributed by atoms with Crippen molar-refractivity contribution in [1.82, 2.24) is 9.55 Å². The second-order valence-electron chi connectivity index (χ2n) is 12.7. The Morgan fingerprint density at radius 2 is 1.48 bits per heavy atom. The first kappa shape index (κ1) is 37.4. The zero-order valence-corrected chi connectivity index (χ0v) is 28.8. The molecule has 2 heterocycles. The summed E-state index contributed by atoms with van der Waals surface area (Å²) in [5.74, 6) is -2.16. The quantitative estimate of drug-likeness (QED) is 0.0749. The standard InChI is InChI=1S/C40H41FN4O7/c1-25(2)37-36(39(50)43-30-14-8-26(9-15-30)24-52-40(51)44-31-16-19-42-20-17-31)35(27-6-4-3-5-7-27)38(28-10-12-29(41)13-11-28)45(37)21-18-32(46)22-33(47)23-34(48)49/h3-17,19-20,25,32-33,46-47H,18,21-24H2,1-2H3,(H,43,50)(H,48,49)(H,42,44,51)/t32-,33-/m1/s1. The lowest BCUT2D eigenvalue weighted by atomic mass is 9.94. The highest BCUT2D eigenvalue weighted by Crippen LogP contribution is 2.42. The maximum Gasteiger partial charge on any atom is 0.411 e. The van der Waals surface area contributed by atoms with Crippen LogP contribution in [-0.2, 0) is 22.7 Å². The number of carboxylic acids is 1. The van der Waals surface area contributed by atoms with Crippen LogP contribution in [0.15, 0.2) is 103 Å². The molecule has 270 valence electrons. The van der Waals surface area contributed by atoms with E-state index in [2.05, 4.69) is 15.6 Å². The van der Waals surface area contributed by atoms with E-state index >= 15 is 0 Å². The van der Waals surface area contributed by atoms with Gasteiger partial charge in [0.1, 0.15) is 12.4 Å². The van der Waals surface area contributed by atoms with E-state index < -0.39 is 36.5 Å². The van der Waals surface area contributed by atoms with Crippen LogP contribution in [0.1, 0.15) is 60.6 Å². The number of hydrogen-bond acceptors (Lipinski definition) is 7. The number of aliphatic carboxylic acids is 1. The highest BCUT2D eigenvalue weighted by molar-refractivity contribution is 6.12. The molecule has 52 heavy (non-hydrogen) atoms. The maximum absolute atomic E-state index is 14.4. The van der Waals surface area contributed by atoms with Crippen LogP contribution in [0, 0.1) is 5.82 Å². The van der Waals surface area contributed by atoms with Gasteiger partial charge in [0.15, 0.2) is 0 Å². The smallest absolute Gasteiger partial charge is 0.411 e. The van der Waals surface area contributed by atoms with Crippen LogP contribution in [-0.4, -0.2) is 55.0 Å². The fraction of sp³-hybridized carbons (Fsp3) is 0.250. The van der Waals surface area contributed by atoms with Crippen molar-refractivity contribution in [3.05, 3.63) is 126 Å². The number of ether oxygens (including phenoxy) is 1. The number of amides is 2. The molecule has 5 N–H and O–H groups in total. The van der Waals surface area contributed by atoms with Gasteiger partial charge in [-0.15, -0.1) is 0 Å². The van der Waals surface area contributed by atoms with E-state index in [0.717, 1.165) is 5.56 Å². The van der Waals surface area contributed by atoms with Crippen LogP contribution in [0.4, 0.5) is 20.6 Å². The highest BCUT2D eigenvalue weighted by Gasteiger charge is 2.31. The van der Waals surface area contributed by atoms with Crippen LogP contribution in [0.3, 0.4) is 0 Å². The molecule has 2 atom stereocenters. The van der Waals surface area contributed by atoms with Gasteiger partial charge >= 0.3 is 12.1 Å². The molecular formula is C40H41FN4O7. The molecule has 0 aliphatic heterocycles. The third-order valence-electron chi connectivity index (χ3n) is 8.41. The van der Waals surface area contributed by atoms with E-state index in [0.29, 0.717) is 45.0 Å². The van der Waals surface area contributed by atoms with E-state index in [1.54, 1.807) is 60.9 Å². The summed E-state index contributed by atoms with van der Waals surface area (Å²) in [6, 6.07) is 25.6. The molecule has 2 amide bonds. The van der Waals surface area contributed by atoms with E-state index in [9.17, 15) is 29.0 Å². The number of carbonyl (C=O) groups is 3. The first-order valence-corrected chi connectivity index (χ1v) is 16.9. The van der Waals surface area contributed by atoms with Crippen molar-refractivity contribution in [2.75, 3.05) is 10.6 Å². The number of hydrogen-bond donors (Lipinski definition) is 5. The molecule has 11 nitrogen and oxygen atoms in total. The second kappa shape index (κ2) is 17.4. The Kier molecular flexibility index (Phi) is 12.5. The van der Waals surface area contributed by atoms with Crippen molar-refractivity contribution in [1.29, 1.82) is 0 Å². The second-order valence-corrected chi connectivity index (χ2v) is 12.7. The summed E-state index contributed by atoms with van der Waals surface area (Å²) >= 11 is 0. The molecule has 5 rings (SSSR count). The zero-order valence-electron chi connectivity index (χ0n) is 28.8. The van der Waals surface area contributed by atoms with Gasteiger partial charge < -0.3 is 29.9 Å². The lowest BCUT2D eigenvalue weighted by Gasteiger charge is -2.20. The van der Waals surface area contributed by atoms with Crippen LogP contribution in [0.25, 0.3) is 22.4 Å². The summed E-state index contributed by atoms with van der Waals surface area (Å²) in [5.41, 5.74) is 5.52. The van der Waals surface area contributed by atoms with Crippen molar-refractivity contribution in [3.63, 3.8) is 0 Å². The number of aromatic nitrogens is 2. The van der Waals surface area contributed by atoms with Crippen molar-refractivity contribution >= 4 is 29.3 Å². The molecule has 0 bridgehead atoms. The summed E-state index contributed by atoms with van der Waals surface area (Å²) < 4.78 is 21.5. The number of carbonyl (C=O) groups excluding carboxylic acids is 2. The third kappa shape index (κ3) is 9.68. The number of benzene rings is 3. The lowest BCUT2D eigenvalue weighted by Crippen LogP contribution is -2.22. The summed E-state index contributed by atoms with van der Waals surface area (Å²) in [5, 5.41) is 35.7. The minimum atomic E-state index is -1.22. The fourth-order valence-corrected chi connectivity index (χ4v) is 6.10. The van der Waals surface area contributed by atoms with Crippen molar-refractivity contribution < 1.29 is 38.8 Å². The van der Waals surface area contributed by atoms with Gasteiger partial charge in [-0.25, -0.2) is 9.18 Å². The van der Waals surface area contributed by atoms with Crippen LogP contribution >= 0.6 is 0 Å². The molecule has 3 aromatic carbocycles. The average molecular weight is 709 g/mol. The number of anilines is 2. The molecule has 0 saturated heterocycles. The summed E-state index contributed by atoms with van der Waals surface area (Å²) in [4.78, 5) is 41.7. The van der Waals surface area contributed by atoms with E-state index in [4.69, 9.17) is 9.84 Å². The van der Waals surface area contributed by atoms with E-state index in [1.807, 2.05) is 48.7 Å². The lowest BCUT2D eigenvalue weighted by molar-refractivity contribution is -0.139. The Morgan fingerprint density at radius 1 is 0.827 bits per heavy atom. The predicted molar refractivity (Wildman–Crippen MR) is 195 cm³/mol. The van der Waals surface area contributed by atoms with Gasteiger partial charge in [0.2, 0.25) is 0 Å². The maximum atomic E-state index is 14.4. The van der Waals surface area contributed by atoms with Gasteiger partial charge in [-0.2, -0.15) is 0 Å². The van der Waals surface area contributed by atoms with Crippen LogP contribution < -0.4 is 10.6 Å². The minimum absolute atomic E-state index is 0.00383. The Morgan fingerprint density at radius 3 is 2.12 bits per heavy atom. The SMILES string of the molecule is CC(C)c1c(C(=O)Nc2ccc(COC(=O)Nc3ccncc3)cc2)c(-c2ccccc2)c(-c2ccc(F)cc2)n1CC[C@@H](O)C[C@@H](O)CC(=O)O. The highest BCUT2D eigenvalue weighted by atomic mass is 19.1. The molecule has 0 saturated carbocycles. The van der Waals surface area contributed by atoms with Gasteiger partial charge in [-0.05, 0) is 84.0 Å². The molecular weight excluding hydrogens is 667 g/mol. The molecule has 5 aromatic rings. The fourth-order valence-electron chi connectivity index (χ4n) is 6.10. The minimum Gasteiger partial charge on any atom is -0.481 e. The Balaban J connectivity index is 1.48. The molecule has 12 heteroatoms. The van der Waals surface area contributed by atoms with E-state index in [1.165, 1.54) is 12.1 Å². The predicted octanol–water partition coefficient (Wildman–Crippen LogP) is 7.46. The number of pyridine rings is 1. The molecule has 0 aliphatic carbocycles. The Hall–Kier alpha value is -5.85. The first-order valence-electron chi connectivity index (χ1n) is 16.9. The number of aliphatic hydroxyl groups is 2. The monoisotopic (exact) mass is 708 g/mol. The topological polar surface area (TPSA) is 163 Å². The molecule has 0 spiro atoms. The molecule has 0 fully saturated rings. The van der Waals surface area contributed by atoms with Gasteiger partial charge in [0.25, 0.3) is 5.91 Å². The number of nitrogens with one attached hydrogen (secondary N) is 2. The largest absolute Gasteiger partial charge is 0.481 e. The Bertz CT molecular complexity index is 1970. The van der Waals surface area contributed by atoms with Crippen LogP contribution in [0.5, 0.6) is 0 Å². The molecule has 0 unspecified atom stereocenters. The summed E-state index contributed by atoms with van der Waals surface area (Å²) in [6.45, 7) is 4.14. The number of halogens is 1. The summed E-state index contributed by atoms with van der Waals surface area (Å²) in [7, 11) is 0. The Labute approximate surface area is 300 Å². The summed E-state index contributed by atoms with van der Waals surface area (Å²) in [6.07, 6.45) is -0.234. The number of carboxylic acid groups (broad SMARTS) is 1. The van der Waals surface area contributed by atoms with Crippen molar-refractivity contribution in [2.45, 2.75) is 64.4 Å². The average Bonchev–Trinajstić information content (AvgIpc) is 3.47. The van der Waals surface area contributed by atoms with Crippen molar-refractivity contribution in [3.8, 4) is 22.4 Å².